The SMILES string of the molecule is O=C(O)CC[C@H](NC(=O)c1cc(OCC2CCC2)n(-c2ccccc2)n1)C(=O)N1CCN(c2cccc(C(F)(F)F)c2)CC1. The summed E-state index contributed by atoms with van der Waals surface area (Å²) in [6, 6.07) is 14.5. The van der Waals surface area contributed by atoms with Gasteiger partial charge in [0.15, 0.2) is 5.69 Å². The average molecular weight is 614 g/mol. The lowest BCUT2D eigenvalue weighted by molar-refractivity contribution is -0.138. The van der Waals surface area contributed by atoms with Gasteiger partial charge in [0.2, 0.25) is 11.8 Å². The number of halogens is 3. The third-order valence-corrected chi connectivity index (χ3v) is 7.98. The first-order valence-electron chi connectivity index (χ1n) is 14.6. The zero-order valence-corrected chi connectivity index (χ0v) is 24.0. The second-order valence-electron chi connectivity index (χ2n) is 11.0. The van der Waals surface area contributed by atoms with E-state index in [1.54, 1.807) is 11.0 Å². The van der Waals surface area contributed by atoms with Gasteiger partial charge < -0.3 is 25.0 Å². The van der Waals surface area contributed by atoms with Gasteiger partial charge in [0.05, 0.1) is 17.9 Å². The number of hydrogen-bond donors (Lipinski definition) is 2. The van der Waals surface area contributed by atoms with Gasteiger partial charge in [-0.2, -0.15) is 18.3 Å². The van der Waals surface area contributed by atoms with Gasteiger partial charge in [-0.3, -0.25) is 14.4 Å². The normalized spacial score (nSPS) is 16.2. The highest BCUT2D eigenvalue weighted by Crippen LogP contribution is 2.32. The molecule has 0 bridgehead atoms. The Hall–Kier alpha value is -4.55. The van der Waals surface area contributed by atoms with Crippen LogP contribution in [0.25, 0.3) is 5.69 Å². The fourth-order valence-electron chi connectivity index (χ4n) is 5.24. The van der Waals surface area contributed by atoms with E-state index in [0.29, 0.717) is 29.8 Å². The standard InChI is InChI=1S/C31H34F3N5O5/c32-31(33,34)22-8-5-11-24(18-22)37-14-16-38(17-15-37)30(43)25(12-13-28(40)41)35-29(42)26-19-27(44-20-21-6-4-7-21)39(36-26)23-9-2-1-3-10-23/h1-3,5,8-11,18-19,21,25H,4,6-7,12-17,20H2,(H,35,42)(H,40,41)/t25-/m0/s1. The second-order valence-corrected chi connectivity index (χ2v) is 11.0. The number of para-hydroxylation sites is 1. The minimum atomic E-state index is -4.47. The van der Waals surface area contributed by atoms with Crippen LogP contribution in [-0.2, 0) is 15.8 Å². The molecule has 1 atom stereocenters. The number of amides is 2. The van der Waals surface area contributed by atoms with E-state index in [1.807, 2.05) is 30.3 Å². The molecule has 2 amide bonds. The number of rotatable bonds is 11. The molecule has 2 fully saturated rings. The molecule has 1 aliphatic carbocycles. The zero-order chi connectivity index (χ0) is 31.3. The quantitative estimate of drug-likeness (QED) is 0.330. The molecule has 2 aromatic carbocycles. The topological polar surface area (TPSA) is 117 Å². The Balaban J connectivity index is 1.27. The smallest absolute Gasteiger partial charge is 0.416 e. The Labute approximate surface area is 252 Å². The predicted molar refractivity (Wildman–Crippen MR) is 155 cm³/mol. The first kappa shape index (κ1) is 30.9. The number of aromatic nitrogens is 2. The van der Waals surface area contributed by atoms with Crippen molar-refractivity contribution >= 4 is 23.5 Å². The van der Waals surface area contributed by atoms with Crippen LogP contribution in [0.15, 0.2) is 60.7 Å². The number of carboxylic acid groups (broad SMARTS) is 1. The third-order valence-electron chi connectivity index (χ3n) is 7.98. The first-order valence-corrected chi connectivity index (χ1v) is 14.6. The van der Waals surface area contributed by atoms with Crippen LogP contribution in [0, 0.1) is 5.92 Å². The molecule has 1 saturated heterocycles. The lowest BCUT2D eigenvalue weighted by atomic mass is 9.86. The summed E-state index contributed by atoms with van der Waals surface area (Å²) in [5.41, 5.74) is 0.343. The van der Waals surface area contributed by atoms with Gasteiger partial charge in [0, 0.05) is 44.4 Å². The number of piperazine rings is 1. The molecule has 1 saturated carbocycles. The number of ether oxygens (including phenoxy) is 1. The van der Waals surface area contributed by atoms with Gasteiger partial charge in [-0.15, -0.1) is 0 Å². The van der Waals surface area contributed by atoms with Crippen LogP contribution >= 0.6 is 0 Å². The van der Waals surface area contributed by atoms with Gasteiger partial charge >= 0.3 is 12.1 Å². The van der Waals surface area contributed by atoms with E-state index >= 15 is 0 Å². The van der Waals surface area contributed by atoms with Crippen LogP contribution in [0.5, 0.6) is 5.88 Å². The van der Waals surface area contributed by atoms with E-state index in [0.717, 1.165) is 31.4 Å². The van der Waals surface area contributed by atoms with Crippen molar-refractivity contribution < 1.29 is 37.4 Å². The molecule has 13 heteroatoms. The van der Waals surface area contributed by atoms with Crippen LogP contribution in [0.2, 0.25) is 0 Å². The van der Waals surface area contributed by atoms with E-state index < -0.39 is 35.6 Å². The molecule has 2 heterocycles. The van der Waals surface area contributed by atoms with Crippen molar-refractivity contribution in [3.05, 3.63) is 71.9 Å². The van der Waals surface area contributed by atoms with Crippen LogP contribution in [0.1, 0.15) is 48.2 Å². The molecule has 5 rings (SSSR count). The van der Waals surface area contributed by atoms with Crippen molar-refractivity contribution in [3.63, 3.8) is 0 Å². The van der Waals surface area contributed by atoms with Crippen LogP contribution in [0.4, 0.5) is 18.9 Å². The minimum Gasteiger partial charge on any atom is -0.481 e. The fraction of sp³-hybridized carbons (Fsp3) is 0.419. The summed E-state index contributed by atoms with van der Waals surface area (Å²) in [6.07, 6.45) is -1.65. The number of nitrogens with zero attached hydrogens (tertiary/aromatic N) is 4. The largest absolute Gasteiger partial charge is 0.481 e. The summed E-state index contributed by atoms with van der Waals surface area (Å²) in [7, 11) is 0. The number of benzene rings is 2. The molecular weight excluding hydrogens is 579 g/mol. The van der Waals surface area contributed by atoms with E-state index in [4.69, 9.17) is 4.74 Å². The maximum atomic E-state index is 13.5. The highest BCUT2D eigenvalue weighted by Gasteiger charge is 2.33. The van der Waals surface area contributed by atoms with Gasteiger partial charge in [0.1, 0.15) is 6.04 Å². The van der Waals surface area contributed by atoms with Crippen molar-refractivity contribution in [1.82, 2.24) is 20.0 Å². The highest BCUT2D eigenvalue weighted by atomic mass is 19.4. The van der Waals surface area contributed by atoms with E-state index in [1.165, 1.54) is 21.7 Å². The first-order chi connectivity index (χ1) is 21.1. The predicted octanol–water partition coefficient (Wildman–Crippen LogP) is 4.38. The average Bonchev–Trinajstić information content (AvgIpc) is 3.42. The Kier molecular flexibility index (Phi) is 9.40. The maximum absolute atomic E-state index is 13.5. The van der Waals surface area contributed by atoms with Crippen LogP contribution in [0.3, 0.4) is 0 Å². The molecule has 0 spiro atoms. The molecular formula is C31H34F3N5O5. The van der Waals surface area contributed by atoms with Crippen LogP contribution in [-0.4, -0.2) is 76.4 Å². The molecule has 2 N–H and O–H groups in total. The molecule has 1 aromatic heterocycles. The van der Waals surface area contributed by atoms with Gasteiger partial charge in [-0.25, -0.2) is 4.68 Å². The molecule has 1 aliphatic heterocycles. The summed E-state index contributed by atoms with van der Waals surface area (Å²) < 4.78 is 47.1. The van der Waals surface area contributed by atoms with E-state index in [-0.39, 0.29) is 44.7 Å². The summed E-state index contributed by atoms with van der Waals surface area (Å²) in [4.78, 5) is 41.5. The molecule has 10 nitrogen and oxygen atoms in total. The van der Waals surface area contributed by atoms with Crippen molar-refractivity contribution in [2.24, 2.45) is 5.92 Å². The molecule has 0 unspecified atom stereocenters. The highest BCUT2D eigenvalue weighted by molar-refractivity contribution is 5.96. The van der Waals surface area contributed by atoms with E-state index in [2.05, 4.69) is 10.4 Å². The Morgan fingerprint density at radius 3 is 2.32 bits per heavy atom. The summed E-state index contributed by atoms with van der Waals surface area (Å²) >= 11 is 0. The molecule has 2 aliphatic rings. The number of hydrogen-bond acceptors (Lipinski definition) is 6. The van der Waals surface area contributed by atoms with Crippen molar-refractivity contribution in [3.8, 4) is 11.6 Å². The number of carboxylic acids is 1. The Morgan fingerprint density at radius 1 is 0.977 bits per heavy atom. The van der Waals surface area contributed by atoms with Gasteiger partial charge in [0.25, 0.3) is 5.91 Å². The number of alkyl halides is 3. The second kappa shape index (κ2) is 13.4. The van der Waals surface area contributed by atoms with Gasteiger partial charge in [-0.05, 0) is 55.5 Å². The molecule has 234 valence electrons. The Bertz CT molecular complexity index is 1470. The number of nitrogens with one attached hydrogen (secondary N) is 1. The van der Waals surface area contributed by atoms with Gasteiger partial charge in [-0.1, -0.05) is 30.7 Å². The number of anilines is 1. The van der Waals surface area contributed by atoms with Crippen molar-refractivity contribution in [1.29, 1.82) is 0 Å². The lowest BCUT2D eigenvalue weighted by Crippen LogP contribution is -2.55. The summed E-state index contributed by atoms with van der Waals surface area (Å²) in [6.45, 7) is 1.42. The van der Waals surface area contributed by atoms with Crippen LogP contribution < -0.4 is 15.0 Å². The third kappa shape index (κ3) is 7.50. The van der Waals surface area contributed by atoms with Crippen molar-refractivity contribution in [2.45, 2.75) is 44.3 Å². The maximum Gasteiger partial charge on any atom is 0.416 e. The lowest BCUT2D eigenvalue weighted by Gasteiger charge is -2.37. The minimum absolute atomic E-state index is 0.0138. The number of carbonyl (C=O) groups excluding carboxylic acids is 2. The number of carbonyl (C=O) groups is 3. The Morgan fingerprint density at radius 2 is 1.68 bits per heavy atom. The molecule has 44 heavy (non-hydrogen) atoms. The monoisotopic (exact) mass is 613 g/mol. The summed E-state index contributed by atoms with van der Waals surface area (Å²) in [5, 5.41) is 16.4. The van der Waals surface area contributed by atoms with Crippen molar-refractivity contribution in [2.75, 3.05) is 37.7 Å². The zero-order valence-electron chi connectivity index (χ0n) is 24.0. The molecule has 0 radical (unpaired) electrons. The molecule has 3 aromatic rings. The number of aliphatic carboxylic acids is 1. The fourth-order valence-corrected chi connectivity index (χ4v) is 5.24. The summed E-state index contributed by atoms with van der Waals surface area (Å²) in [5.74, 6) is -1.41. The van der Waals surface area contributed by atoms with E-state index in [9.17, 15) is 32.7 Å².